The number of hydrogen-bond donors (Lipinski definition) is 2. The molecule has 0 aliphatic rings. The summed E-state index contributed by atoms with van der Waals surface area (Å²) in [4.78, 5) is 0. The first kappa shape index (κ1) is 14.3. The molecule has 1 rings (SSSR count). The molecule has 0 bridgehead atoms. The first-order valence-electron chi connectivity index (χ1n) is 4.46. The Morgan fingerprint density at radius 2 is 2.00 bits per heavy atom. The van der Waals surface area contributed by atoms with Gasteiger partial charge in [0.05, 0.1) is 11.8 Å². The molecule has 1 aromatic carbocycles. The van der Waals surface area contributed by atoms with E-state index in [0.29, 0.717) is 4.47 Å². The van der Waals surface area contributed by atoms with Gasteiger partial charge in [-0.1, -0.05) is 6.07 Å². The molecule has 0 aliphatic heterocycles. The van der Waals surface area contributed by atoms with Crippen LogP contribution in [-0.2, 0) is 0 Å². The zero-order valence-corrected chi connectivity index (χ0v) is 10.4. The fourth-order valence-corrected chi connectivity index (χ4v) is 1.46. The molecule has 18 heavy (non-hydrogen) atoms. The van der Waals surface area contributed by atoms with Crippen LogP contribution in [0, 0.1) is 0 Å². The van der Waals surface area contributed by atoms with Crippen molar-refractivity contribution in [3.8, 4) is 5.75 Å². The van der Waals surface area contributed by atoms with E-state index < -0.39 is 12.1 Å². The number of ether oxygens (including phenoxy) is 1. The highest BCUT2D eigenvalue weighted by molar-refractivity contribution is 9.10. The number of halogens is 4. The van der Waals surface area contributed by atoms with E-state index in [-0.39, 0.29) is 11.5 Å². The zero-order chi connectivity index (χ0) is 13.8. The first-order chi connectivity index (χ1) is 8.29. The Balaban J connectivity index is 3.09. The molecule has 0 heterocycles. The minimum atomic E-state index is -4.79. The van der Waals surface area contributed by atoms with Crippen LogP contribution >= 0.6 is 15.9 Å². The van der Waals surface area contributed by atoms with E-state index in [0.717, 1.165) is 12.3 Å². The molecule has 0 saturated heterocycles. The molecule has 0 spiro atoms. The van der Waals surface area contributed by atoms with Gasteiger partial charge in [0.2, 0.25) is 5.96 Å². The molecule has 5 nitrogen and oxygen atoms in total. The Labute approximate surface area is 108 Å². The van der Waals surface area contributed by atoms with Crippen LogP contribution < -0.4 is 16.2 Å². The summed E-state index contributed by atoms with van der Waals surface area (Å²) >= 11 is 3.07. The maximum absolute atomic E-state index is 12.2. The summed E-state index contributed by atoms with van der Waals surface area (Å²) in [5, 5.41) is 6.71. The van der Waals surface area contributed by atoms with Gasteiger partial charge in [-0.3, -0.25) is 0 Å². The van der Waals surface area contributed by atoms with E-state index in [9.17, 15) is 13.2 Å². The molecule has 0 aliphatic carbocycles. The van der Waals surface area contributed by atoms with Gasteiger partial charge in [0.1, 0.15) is 5.75 Å². The van der Waals surface area contributed by atoms with Crippen LogP contribution in [0.5, 0.6) is 5.75 Å². The monoisotopic (exact) mass is 324 g/mol. The molecule has 0 atom stereocenters. The molecule has 0 unspecified atom stereocenters. The summed E-state index contributed by atoms with van der Waals surface area (Å²) in [6, 6.07) is 4.07. The fourth-order valence-electron chi connectivity index (χ4n) is 1.01. The molecular formula is C9H8BrF3N4O. The van der Waals surface area contributed by atoms with Crippen LogP contribution in [0.3, 0.4) is 0 Å². The van der Waals surface area contributed by atoms with Gasteiger partial charge < -0.3 is 16.2 Å². The van der Waals surface area contributed by atoms with Crippen molar-refractivity contribution >= 4 is 28.1 Å². The number of rotatable bonds is 3. The highest BCUT2D eigenvalue weighted by Crippen LogP contribution is 2.29. The van der Waals surface area contributed by atoms with Gasteiger partial charge in [-0.05, 0) is 28.1 Å². The predicted molar refractivity (Wildman–Crippen MR) is 64.2 cm³/mol. The summed E-state index contributed by atoms with van der Waals surface area (Å²) in [6.45, 7) is 0. The molecular weight excluding hydrogens is 317 g/mol. The van der Waals surface area contributed by atoms with Crippen molar-refractivity contribution in [1.82, 2.24) is 0 Å². The summed E-state index contributed by atoms with van der Waals surface area (Å²) in [6.07, 6.45) is -3.75. The van der Waals surface area contributed by atoms with Crippen molar-refractivity contribution in [2.75, 3.05) is 0 Å². The van der Waals surface area contributed by atoms with E-state index >= 15 is 0 Å². The molecule has 98 valence electrons. The maximum atomic E-state index is 12.2. The molecule has 9 heteroatoms. The molecule has 0 saturated carbocycles. The third-order valence-electron chi connectivity index (χ3n) is 1.60. The minimum Gasteiger partial charge on any atom is -0.405 e. The standard InChI is InChI=1S/C9H8BrF3N4O/c10-6-2-1-3-7(18-9(11,12)13)5(6)4-16-17-8(14)15/h1-4H,(H4,14,15,17). The van der Waals surface area contributed by atoms with E-state index in [1.807, 2.05) is 0 Å². The van der Waals surface area contributed by atoms with Gasteiger partial charge in [0.15, 0.2) is 0 Å². The van der Waals surface area contributed by atoms with Crippen molar-refractivity contribution in [3.05, 3.63) is 28.2 Å². The molecule has 0 radical (unpaired) electrons. The van der Waals surface area contributed by atoms with Gasteiger partial charge in [0, 0.05) is 4.47 Å². The minimum absolute atomic E-state index is 0.0693. The third-order valence-corrected chi connectivity index (χ3v) is 2.29. The van der Waals surface area contributed by atoms with Crippen LogP contribution in [0.15, 0.2) is 32.9 Å². The van der Waals surface area contributed by atoms with Gasteiger partial charge in [-0.25, -0.2) is 0 Å². The average Bonchev–Trinajstić information content (AvgIpc) is 2.19. The Kier molecular flexibility index (Phi) is 4.54. The Hall–Kier alpha value is -1.77. The number of nitrogens with zero attached hydrogens (tertiary/aromatic N) is 2. The summed E-state index contributed by atoms with van der Waals surface area (Å²) in [7, 11) is 0. The largest absolute Gasteiger partial charge is 0.573 e. The van der Waals surface area contributed by atoms with Crippen LogP contribution in [-0.4, -0.2) is 18.5 Å². The molecule has 1 aromatic rings. The van der Waals surface area contributed by atoms with E-state index in [1.54, 1.807) is 0 Å². The predicted octanol–water partition coefficient (Wildman–Crippen LogP) is 1.96. The lowest BCUT2D eigenvalue weighted by molar-refractivity contribution is -0.274. The lowest BCUT2D eigenvalue weighted by Crippen LogP contribution is -2.21. The Morgan fingerprint density at radius 1 is 1.33 bits per heavy atom. The van der Waals surface area contributed by atoms with E-state index in [2.05, 4.69) is 30.9 Å². The molecule has 0 amide bonds. The second-order valence-corrected chi connectivity index (χ2v) is 3.82. The fraction of sp³-hybridized carbons (Fsp3) is 0.111. The number of hydrogen-bond acceptors (Lipinski definition) is 3. The van der Waals surface area contributed by atoms with Gasteiger partial charge in [-0.15, -0.1) is 18.3 Å². The molecule has 0 aromatic heterocycles. The number of alkyl halides is 3. The van der Waals surface area contributed by atoms with Crippen molar-refractivity contribution < 1.29 is 17.9 Å². The topological polar surface area (TPSA) is 86.0 Å². The van der Waals surface area contributed by atoms with Crippen LogP contribution in [0.4, 0.5) is 13.2 Å². The SMILES string of the molecule is NC(N)=NN=Cc1c(Br)cccc1OC(F)(F)F. The van der Waals surface area contributed by atoms with Gasteiger partial charge >= 0.3 is 6.36 Å². The number of guanidine groups is 1. The van der Waals surface area contributed by atoms with Crippen LogP contribution in [0.25, 0.3) is 0 Å². The normalized spacial score (nSPS) is 11.6. The molecule has 4 N–H and O–H groups in total. The second-order valence-electron chi connectivity index (χ2n) is 2.97. The highest BCUT2D eigenvalue weighted by Gasteiger charge is 2.32. The Bertz CT molecular complexity index is 483. The summed E-state index contributed by atoms with van der Waals surface area (Å²) < 4.78 is 40.7. The number of benzene rings is 1. The highest BCUT2D eigenvalue weighted by atomic mass is 79.9. The zero-order valence-electron chi connectivity index (χ0n) is 8.78. The summed E-state index contributed by atoms with van der Waals surface area (Å²) in [5.74, 6) is -0.719. The quantitative estimate of drug-likeness (QED) is 0.506. The van der Waals surface area contributed by atoms with Crippen molar-refractivity contribution in [3.63, 3.8) is 0 Å². The maximum Gasteiger partial charge on any atom is 0.573 e. The number of nitrogens with two attached hydrogens (primary N) is 2. The summed E-state index contributed by atoms with van der Waals surface area (Å²) in [5.41, 5.74) is 10.1. The van der Waals surface area contributed by atoms with Gasteiger partial charge in [-0.2, -0.15) is 5.10 Å². The van der Waals surface area contributed by atoms with Crippen molar-refractivity contribution in [2.24, 2.45) is 21.7 Å². The van der Waals surface area contributed by atoms with E-state index in [4.69, 9.17) is 11.5 Å². The smallest absolute Gasteiger partial charge is 0.405 e. The van der Waals surface area contributed by atoms with E-state index in [1.165, 1.54) is 12.1 Å². The van der Waals surface area contributed by atoms with Crippen molar-refractivity contribution in [2.45, 2.75) is 6.36 Å². The average molecular weight is 325 g/mol. The van der Waals surface area contributed by atoms with Crippen LogP contribution in [0.2, 0.25) is 0 Å². The third kappa shape index (κ3) is 4.62. The Morgan fingerprint density at radius 3 is 2.56 bits per heavy atom. The van der Waals surface area contributed by atoms with Gasteiger partial charge in [0.25, 0.3) is 0 Å². The second kappa shape index (κ2) is 5.71. The lowest BCUT2D eigenvalue weighted by Gasteiger charge is -2.11. The van der Waals surface area contributed by atoms with Crippen molar-refractivity contribution in [1.29, 1.82) is 0 Å². The lowest BCUT2D eigenvalue weighted by atomic mass is 10.2. The van der Waals surface area contributed by atoms with Crippen LogP contribution in [0.1, 0.15) is 5.56 Å². The first-order valence-corrected chi connectivity index (χ1v) is 5.25. The molecule has 0 fully saturated rings.